The van der Waals surface area contributed by atoms with Crippen molar-refractivity contribution in [2.45, 2.75) is 47.1 Å². The fraction of sp³-hybridized carbons (Fsp3) is 0.389. The Kier molecular flexibility index (Phi) is 3.81. The number of aromatic nitrogens is 1. The molecule has 0 bridgehead atoms. The van der Waals surface area contributed by atoms with Crippen molar-refractivity contribution >= 4 is 0 Å². The van der Waals surface area contributed by atoms with Crippen molar-refractivity contribution in [3.63, 3.8) is 0 Å². The van der Waals surface area contributed by atoms with Crippen LogP contribution in [-0.4, -0.2) is 4.57 Å². The number of aryl methyl sites for hydroxylation is 4. The van der Waals surface area contributed by atoms with Crippen LogP contribution in [0.2, 0.25) is 0 Å². The zero-order valence-electron chi connectivity index (χ0n) is 13.7. The number of hydrogen-bond acceptors (Lipinski definition) is 2. The Bertz CT molecular complexity index is 726. The highest BCUT2D eigenvalue weighted by molar-refractivity contribution is 5.50. The van der Waals surface area contributed by atoms with E-state index in [-0.39, 0.29) is 5.43 Å². The Morgan fingerprint density at radius 1 is 1.00 bits per heavy atom. The molecule has 3 nitrogen and oxygen atoms in total. The summed E-state index contributed by atoms with van der Waals surface area (Å²) in [6.45, 7) is 12.0. The van der Waals surface area contributed by atoms with Crippen LogP contribution in [-0.2, 0) is 5.54 Å². The predicted octanol–water partition coefficient (Wildman–Crippen LogP) is 3.26. The third-order valence-corrected chi connectivity index (χ3v) is 3.81. The summed E-state index contributed by atoms with van der Waals surface area (Å²) < 4.78 is 2.08. The van der Waals surface area contributed by atoms with Crippen LogP contribution in [0.4, 0.5) is 0 Å². The molecule has 0 fully saturated rings. The molecular weight excluding hydrogens is 260 g/mol. The van der Waals surface area contributed by atoms with E-state index in [9.17, 15) is 4.79 Å². The Balaban J connectivity index is 2.80. The van der Waals surface area contributed by atoms with Gasteiger partial charge in [-0.05, 0) is 52.7 Å². The molecule has 0 spiro atoms. The van der Waals surface area contributed by atoms with Crippen LogP contribution in [0.25, 0.3) is 5.69 Å². The van der Waals surface area contributed by atoms with Gasteiger partial charge >= 0.3 is 0 Å². The van der Waals surface area contributed by atoms with Gasteiger partial charge in [-0.1, -0.05) is 17.7 Å². The van der Waals surface area contributed by atoms with Crippen molar-refractivity contribution in [1.82, 2.24) is 4.57 Å². The Labute approximate surface area is 126 Å². The van der Waals surface area contributed by atoms with E-state index in [0.717, 1.165) is 11.4 Å². The normalized spacial score (nSPS) is 11.8. The molecule has 0 aliphatic rings. The van der Waals surface area contributed by atoms with Gasteiger partial charge in [0.25, 0.3) is 0 Å². The first kappa shape index (κ1) is 15.5. The molecule has 0 aliphatic heterocycles. The first-order valence-corrected chi connectivity index (χ1v) is 7.22. The van der Waals surface area contributed by atoms with E-state index in [1.165, 1.54) is 16.7 Å². The van der Waals surface area contributed by atoms with Crippen molar-refractivity contribution in [2.24, 2.45) is 5.73 Å². The number of pyridine rings is 1. The third-order valence-electron chi connectivity index (χ3n) is 3.81. The maximum absolute atomic E-state index is 12.2. The van der Waals surface area contributed by atoms with Crippen LogP contribution >= 0.6 is 0 Å². The van der Waals surface area contributed by atoms with Crippen LogP contribution in [0.15, 0.2) is 29.2 Å². The van der Waals surface area contributed by atoms with Crippen molar-refractivity contribution in [3.05, 3.63) is 62.6 Å². The summed E-state index contributed by atoms with van der Waals surface area (Å²) in [4.78, 5) is 12.2. The van der Waals surface area contributed by atoms with E-state index in [1.54, 1.807) is 6.07 Å². The minimum Gasteiger partial charge on any atom is -0.322 e. The maximum Gasteiger partial charge on any atom is 0.186 e. The van der Waals surface area contributed by atoms with Crippen LogP contribution in [0, 0.1) is 27.7 Å². The number of nitrogens with two attached hydrogens (primary N) is 1. The van der Waals surface area contributed by atoms with E-state index in [1.807, 2.05) is 27.0 Å². The molecule has 0 saturated heterocycles. The molecule has 0 saturated carbocycles. The minimum absolute atomic E-state index is 0.00123. The van der Waals surface area contributed by atoms with Gasteiger partial charge in [-0.25, -0.2) is 0 Å². The molecule has 1 aromatic heterocycles. The zero-order chi connectivity index (χ0) is 15.9. The molecular formula is C18H24N2O. The van der Waals surface area contributed by atoms with Crippen molar-refractivity contribution in [1.29, 1.82) is 0 Å². The van der Waals surface area contributed by atoms with E-state index in [0.29, 0.717) is 5.56 Å². The maximum atomic E-state index is 12.2. The molecule has 0 unspecified atom stereocenters. The summed E-state index contributed by atoms with van der Waals surface area (Å²) in [5, 5.41) is 0. The lowest BCUT2D eigenvalue weighted by atomic mass is 9.96. The van der Waals surface area contributed by atoms with Crippen molar-refractivity contribution in [2.75, 3.05) is 0 Å². The molecule has 1 aromatic carbocycles. The van der Waals surface area contributed by atoms with Gasteiger partial charge in [-0.15, -0.1) is 0 Å². The summed E-state index contributed by atoms with van der Waals surface area (Å²) in [5.41, 5.74) is 11.8. The van der Waals surface area contributed by atoms with E-state index in [4.69, 9.17) is 5.73 Å². The molecule has 0 radical (unpaired) electrons. The van der Waals surface area contributed by atoms with Gasteiger partial charge in [0, 0.05) is 29.1 Å². The van der Waals surface area contributed by atoms with Gasteiger partial charge in [0.2, 0.25) is 0 Å². The highest BCUT2D eigenvalue weighted by Gasteiger charge is 2.20. The first-order valence-electron chi connectivity index (χ1n) is 7.22. The molecule has 0 aliphatic carbocycles. The predicted molar refractivity (Wildman–Crippen MR) is 88.2 cm³/mol. The molecule has 2 rings (SSSR count). The monoisotopic (exact) mass is 284 g/mol. The van der Waals surface area contributed by atoms with Crippen molar-refractivity contribution < 1.29 is 0 Å². The molecule has 112 valence electrons. The lowest BCUT2D eigenvalue weighted by Gasteiger charge is -2.23. The number of benzene rings is 1. The van der Waals surface area contributed by atoms with Crippen LogP contribution in [0.1, 0.15) is 41.8 Å². The highest BCUT2D eigenvalue weighted by atomic mass is 16.1. The summed E-state index contributed by atoms with van der Waals surface area (Å²) in [6.07, 6.45) is 1.89. The smallest absolute Gasteiger partial charge is 0.186 e. The largest absolute Gasteiger partial charge is 0.322 e. The number of hydrogen-bond donors (Lipinski definition) is 1. The topological polar surface area (TPSA) is 48.0 Å². The quantitative estimate of drug-likeness (QED) is 0.920. The fourth-order valence-corrected chi connectivity index (χ4v) is 2.91. The van der Waals surface area contributed by atoms with Crippen LogP contribution in [0.5, 0.6) is 0 Å². The second-order valence-electron chi connectivity index (χ2n) is 6.53. The molecule has 21 heavy (non-hydrogen) atoms. The molecule has 0 atom stereocenters. The average Bonchev–Trinajstić information content (AvgIpc) is 2.28. The Morgan fingerprint density at radius 3 is 2.00 bits per heavy atom. The van der Waals surface area contributed by atoms with Gasteiger partial charge in [-0.3, -0.25) is 4.79 Å². The molecule has 1 heterocycles. The Morgan fingerprint density at radius 2 is 1.52 bits per heavy atom. The van der Waals surface area contributed by atoms with Gasteiger partial charge < -0.3 is 10.3 Å². The van der Waals surface area contributed by atoms with Crippen LogP contribution in [0.3, 0.4) is 0 Å². The lowest BCUT2D eigenvalue weighted by molar-refractivity contribution is 0.544. The lowest BCUT2D eigenvalue weighted by Crippen LogP contribution is -2.35. The highest BCUT2D eigenvalue weighted by Crippen LogP contribution is 2.23. The van der Waals surface area contributed by atoms with Gasteiger partial charge in [0.1, 0.15) is 0 Å². The Hall–Kier alpha value is -1.87. The van der Waals surface area contributed by atoms with Gasteiger partial charge in [0.05, 0.1) is 5.69 Å². The summed E-state index contributed by atoms with van der Waals surface area (Å²) in [6, 6.07) is 5.99. The van der Waals surface area contributed by atoms with Crippen LogP contribution < -0.4 is 11.2 Å². The minimum atomic E-state index is -0.654. The summed E-state index contributed by atoms with van der Waals surface area (Å²) >= 11 is 0. The zero-order valence-corrected chi connectivity index (χ0v) is 13.7. The fourth-order valence-electron chi connectivity index (χ4n) is 2.91. The average molecular weight is 284 g/mol. The van der Waals surface area contributed by atoms with Crippen molar-refractivity contribution in [3.8, 4) is 5.69 Å². The van der Waals surface area contributed by atoms with Gasteiger partial charge in [0.15, 0.2) is 5.43 Å². The molecule has 3 heteroatoms. The second-order valence-corrected chi connectivity index (χ2v) is 6.53. The third kappa shape index (κ3) is 2.93. The number of nitrogens with zero attached hydrogens (tertiary/aromatic N) is 1. The van der Waals surface area contributed by atoms with E-state index >= 15 is 0 Å². The molecule has 2 N–H and O–H groups in total. The molecule has 0 amide bonds. The first-order chi connectivity index (χ1) is 9.61. The summed E-state index contributed by atoms with van der Waals surface area (Å²) in [5.74, 6) is 0. The van der Waals surface area contributed by atoms with E-state index in [2.05, 4.69) is 37.5 Å². The van der Waals surface area contributed by atoms with Gasteiger partial charge in [-0.2, -0.15) is 0 Å². The SMILES string of the molecule is Cc1cc(C)c(-n2cc(C(C)(C)N)c(=O)cc2C)c(C)c1. The standard InChI is InChI=1S/C18H24N2O/c1-11-7-12(2)17(13(3)8-11)20-10-15(18(5,6)19)16(21)9-14(20)4/h7-10H,19H2,1-6H3. The number of rotatable bonds is 2. The second kappa shape index (κ2) is 5.15. The summed E-state index contributed by atoms with van der Waals surface area (Å²) in [7, 11) is 0. The molecule has 2 aromatic rings. The van der Waals surface area contributed by atoms with E-state index < -0.39 is 5.54 Å².